The van der Waals surface area contributed by atoms with Crippen molar-refractivity contribution >= 4 is 0 Å². The van der Waals surface area contributed by atoms with Gasteiger partial charge in [0.15, 0.2) is 0 Å². The molecule has 0 aromatic carbocycles. The van der Waals surface area contributed by atoms with Gasteiger partial charge < -0.3 is 10.1 Å². The average Bonchev–Trinajstić information content (AvgIpc) is 2.81. The van der Waals surface area contributed by atoms with E-state index in [0.29, 0.717) is 6.04 Å². The highest BCUT2D eigenvalue weighted by atomic mass is 16.5. The molecule has 0 bridgehead atoms. The zero-order chi connectivity index (χ0) is 13.9. The number of nitrogens with zero attached hydrogens (tertiary/aromatic N) is 2. The largest absolute Gasteiger partial charge is 0.377 e. The Balaban J connectivity index is 2.13. The lowest BCUT2D eigenvalue weighted by atomic mass is 9.73. The smallest absolute Gasteiger partial charge is 0.0836 e. The lowest BCUT2D eigenvalue weighted by molar-refractivity contribution is -0.0775. The third-order valence-corrected chi connectivity index (χ3v) is 4.58. The first-order valence-corrected chi connectivity index (χ1v) is 7.29. The predicted octanol–water partition coefficient (Wildman–Crippen LogP) is 2.15. The van der Waals surface area contributed by atoms with E-state index in [1.807, 2.05) is 32.1 Å². The first kappa shape index (κ1) is 14.5. The zero-order valence-electron chi connectivity index (χ0n) is 12.6. The Morgan fingerprint density at radius 2 is 2.42 bits per heavy atom. The van der Waals surface area contributed by atoms with Gasteiger partial charge in [-0.25, -0.2) is 0 Å². The summed E-state index contributed by atoms with van der Waals surface area (Å²) < 4.78 is 7.86. The molecule has 108 valence electrons. The lowest BCUT2D eigenvalue weighted by Gasteiger charge is -2.44. The third-order valence-electron chi connectivity index (χ3n) is 4.58. The van der Waals surface area contributed by atoms with E-state index in [1.165, 1.54) is 18.4 Å². The molecule has 1 N–H and O–H groups in total. The van der Waals surface area contributed by atoms with Crippen molar-refractivity contribution in [2.75, 3.05) is 14.2 Å². The Morgan fingerprint density at radius 1 is 1.63 bits per heavy atom. The molecule has 0 radical (unpaired) electrons. The summed E-state index contributed by atoms with van der Waals surface area (Å²) in [5, 5.41) is 7.74. The quantitative estimate of drug-likeness (QED) is 0.886. The minimum absolute atomic E-state index is 0.0255. The number of ether oxygens (including phenoxy) is 1. The summed E-state index contributed by atoms with van der Waals surface area (Å²) in [5.74, 6) is 0.749. The minimum Gasteiger partial charge on any atom is -0.377 e. The molecular formula is C15H27N3O. The molecule has 1 saturated carbocycles. The molecule has 3 unspecified atom stereocenters. The Bertz CT molecular complexity index is 404. The Labute approximate surface area is 116 Å². The standard InChI is InChI=1S/C15H27N3O/c1-12-6-5-7-15(9-12,19-4)14(16-2)8-13-10-17-18(3)11-13/h10-12,14,16H,5-9H2,1-4H3. The van der Waals surface area contributed by atoms with Gasteiger partial charge in [-0.3, -0.25) is 4.68 Å². The second kappa shape index (κ2) is 6.06. The van der Waals surface area contributed by atoms with Gasteiger partial charge in [0, 0.05) is 26.4 Å². The normalized spacial score (nSPS) is 29.4. The molecule has 0 aliphatic heterocycles. The highest BCUT2D eigenvalue weighted by Crippen LogP contribution is 2.38. The van der Waals surface area contributed by atoms with Gasteiger partial charge in [-0.05, 0) is 37.8 Å². The number of hydrogen-bond donors (Lipinski definition) is 1. The molecule has 3 atom stereocenters. The van der Waals surface area contributed by atoms with Crippen molar-refractivity contribution in [1.29, 1.82) is 0 Å². The van der Waals surface area contributed by atoms with E-state index < -0.39 is 0 Å². The molecule has 4 nitrogen and oxygen atoms in total. The van der Waals surface area contributed by atoms with Crippen LogP contribution >= 0.6 is 0 Å². The monoisotopic (exact) mass is 265 g/mol. The molecule has 1 aliphatic rings. The van der Waals surface area contributed by atoms with Crippen LogP contribution in [0.4, 0.5) is 0 Å². The SMILES string of the molecule is CNC(Cc1cnn(C)c1)C1(OC)CCCC(C)C1. The summed E-state index contributed by atoms with van der Waals surface area (Å²) in [5.41, 5.74) is 1.25. The molecular weight excluding hydrogens is 238 g/mol. The van der Waals surface area contributed by atoms with E-state index in [4.69, 9.17) is 4.74 Å². The zero-order valence-corrected chi connectivity index (χ0v) is 12.6. The Kier molecular flexibility index (Phi) is 4.63. The fourth-order valence-corrected chi connectivity index (χ4v) is 3.55. The maximum Gasteiger partial charge on any atom is 0.0836 e. The van der Waals surface area contributed by atoms with Gasteiger partial charge in [0.1, 0.15) is 0 Å². The summed E-state index contributed by atoms with van der Waals surface area (Å²) in [4.78, 5) is 0. The molecule has 4 heteroatoms. The first-order chi connectivity index (χ1) is 9.09. The van der Waals surface area contributed by atoms with Gasteiger partial charge >= 0.3 is 0 Å². The second-order valence-electron chi connectivity index (χ2n) is 6.04. The summed E-state index contributed by atoms with van der Waals surface area (Å²) >= 11 is 0. The lowest BCUT2D eigenvalue weighted by Crippen LogP contribution is -2.54. The molecule has 0 spiro atoms. The van der Waals surface area contributed by atoms with Crippen molar-refractivity contribution < 1.29 is 4.74 Å². The molecule has 1 fully saturated rings. The number of methoxy groups -OCH3 is 1. The van der Waals surface area contributed by atoms with Gasteiger partial charge in [-0.2, -0.15) is 5.10 Å². The highest BCUT2D eigenvalue weighted by molar-refractivity contribution is 5.10. The molecule has 1 aliphatic carbocycles. The van der Waals surface area contributed by atoms with Crippen molar-refractivity contribution in [3.63, 3.8) is 0 Å². The topological polar surface area (TPSA) is 39.1 Å². The summed E-state index contributed by atoms with van der Waals surface area (Å²) in [7, 11) is 5.87. The molecule has 0 amide bonds. The molecule has 19 heavy (non-hydrogen) atoms. The second-order valence-corrected chi connectivity index (χ2v) is 6.04. The van der Waals surface area contributed by atoms with E-state index in [1.54, 1.807) is 0 Å². The number of hydrogen-bond acceptors (Lipinski definition) is 3. The van der Waals surface area contributed by atoms with Crippen LogP contribution in [-0.4, -0.2) is 35.6 Å². The third kappa shape index (κ3) is 3.18. The minimum atomic E-state index is -0.0255. The fourth-order valence-electron chi connectivity index (χ4n) is 3.55. The molecule has 1 aromatic heterocycles. The number of aryl methyl sites for hydroxylation is 1. The van der Waals surface area contributed by atoms with E-state index in [-0.39, 0.29) is 5.60 Å². The Hall–Kier alpha value is -0.870. The van der Waals surface area contributed by atoms with Crippen LogP contribution in [-0.2, 0) is 18.2 Å². The van der Waals surface area contributed by atoms with Crippen LogP contribution in [0.1, 0.15) is 38.2 Å². The van der Waals surface area contributed by atoms with E-state index >= 15 is 0 Å². The summed E-state index contributed by atoms with van der Waals surface area (Å²) in [6.07, 6.45) is 9.92. The van der Waals surface area contributed by atoms with Gasteiger partial charge in [0.05, 0.1) is 11.8 Å². The van der Waals surface area contributed by atoms with Gasteiger partial charge in [-0.1, -0.05) is 19.8 Å². The van der Waals surface area contributed by atoms with E-state index in [9.17, 15) is 0 Å². The van der Waals surface area contributed by atoms with Crippen molar-refractivity contribution in [3.05, 3.63) is 18.0 Å². The fraction of sp³-hybridized carbons (Fsp3) is 0.800. The predicted molar refractivity (Wildman–Crippen MR) is 77.1 cm³/mol. The van der Waals surface area contributed by atoms with E-state index in [2.05, 4.69) is 23.5 Å². The summed E-state index contributed by atoms with van der Waals surface area (Å²) in [6, 6.07) is 0.351. The summed E-state index contributed by atoms with van der Waals surface area (Å²) in [6.45, 7) is 2.34. The van der Waals surface area contributed by atoms with Crippen LogP contribution in [0.5, 0.6) is 0 Å². The van der Waals surface area contributed by atoms with Crippen molar-refractivity contribution in [2.24, 2.45) is 13.0 Å². The number of aromatic nitrogens is 2. The maximum atomic E-state index is 5.99. The van der Waals surface area contributed by atoms with E-state index in [0.717, 1.165) is 25.2 Å². The van der Waals surface area contributed by atoms with Gasteiger partial charge in [0.2, 0.25) is 0 Å². The molecule has 1 heterocycles. The van der Waals surface area contributed by atoms with Crippen LogP contribution in [0.3, 0.4) is 0 Å². The number of rotatable bonds is 5. The van der Waals surface area contributed by atoms with Crippen LogP contribution in [0, 0.1) is 5.92 Å². The maximum absolute atomic E-state index is 5.99. The Morgan fingerprint density at radius 3 is 2.95 bits per heavy atom. The highest BCUT2D eigenvalue weighted by Gasteiger charge is 2.41. The molecule has 0 saturated heterocycles. The van der Waals surface area contributed by atoms with Crippen LogP contribution in [0.25, 0.3) is 0 Å². The van der Waals surface area contributed by atoms with Crippen LogP contribution < -0.4 is 5.32 Å². The van der Waals surface area contributed by atoms with Crippen LogP contribution in [0.15, 0.2) is 12.4 Å². The number of likely N-dealkylation sites (N-methyl/N-ethyl adjacent to an activating group) is 1. The van der Waals surface area contributed by atoms with Crippen molar-refractivity contribution in [2.45, 2.75) is 50.7 Å². The van der Waals surface area contributed by atoms with Gasteiger partial charge in [0.25, 0.3) is 0 Å². The van der Waals surface area contributed by atoms with Crippen LogP contribution in [0.2, 0.25) is 0 Å². The molecule has 1 aromatic rings. The number of nitrogens with one attached hydrogen (secondary N) is 1. The molecule has 2 rings (SSSR count). The average molecular weight is 265 g/mol. The van der Waals surface area contributed by atoms with Crippen molar-refractivity contribution in [3.8, 4) is 0 Å². The van der Waals surface area contributed by atoms with Crippen molar-refractivity contribution in [1.82, 2.24) is 15.1 Å². The van der Waals surface area contributed by atoms with Gasteiger partial charge in [-0.15, -0.1) is 0 Å². The first-order valence-electron chi connectivity index (χ1n) is 7.29.